The van der Waals surface area contributed by atoms with E-state index in [1.807, 2.05) is 17.5 Å². The van der Waals surface area contributed by atoms with E-state index in [1.165, 1.54) is 30.5 Å². The van der Waals surface area contributed by atoms with Crippen LogP contribution >= 0.6 is 11.3 Å². The minimum atomic E-state index is -0.205. The molecule has 1 saturated carbocycles. The lowest BCUT2D eigenvalue weighted by atomic mass is 10.0. The minimum Gasteiger partial charge on any atom is -0.371 e. The molecule has 5 heteroatoms. The molecule has 1 amide bonds. The molecule has 1 aliphatic heterocycles. The quantitative estimate of drug-likeness (QED) is 0.903. The van der Waals surface area contributed by atoms with Gasteiger partial charge in [0, 0.05) is 24.8 Å². The largest absolute Gasteiger partial charge is 0.371 e. The Morgan fingerprint density at radius 1 is 1.08 bits per heavy atom. The highest BCUT2D eigenvalue weighted by Gasteiger charge is 2.30. The van der Waals surface area contributed by atoms with Crippen molar-refractivity contribution in [3.05, 3.63) is 52.0 Å². The van der Waals surface area contributed by atoms with Gasteiger partial charge in [-0.15, -0.1) is 11.3 Å². The van der Waals surface area contributed by atoms with Crippen molar-refractivity contribution >= 4 is 22.9 Å². The normalized spacial score (nSPS) is 18.6. The van der Waals surface area contributed by atoms with Crippen LogP contribution in [0, 0.1) is 5.82 Å². The highest BCUT2D eigenvalue weighted by Crippen LogP contribution is 2.43. The van der Waals surface area contributed by atoms with Gasteiger partial charge in [0.1, 0.15) is 5.82 Å². The Hall–Kier alpha value is -1.88. The number of piperidine rings is 1. The zero-order valence-electron chi connectivity index (χ0n) is 13.5. The number of thiophene rings is 1. The molecule has 0 unspecified atom stereocenters. The maximum absolute atomic E-state index is 13.0. The number of anilines is 1. The molecule has 126 valence electrons. The lowest BCUT2D eigenvalue weighted by Crippen LogP contribution is -2.44. The van der Waals surface area contributed by atoms with Crippen LogP contribution in [0.5, 0.6) is 0 Å². The molecule has 2 heterocycles. The van der Waals surface area contributed by atoms with Crippen LogP contribution in [-0.2, 0) is 0 Å². The molecule has 2 aromatic rings. The van der Waals surface area contributed by atoms with Crippen LogP contribution in [0.3, 0.4) is 0 Å². The summed E-state index contributed by atoms with van der Waals surface area (Å²) >= 11 is 1.56. The van der Waals surface area contributed by atoms with Crippen LogP contribution in [-0.4, -0.2) is 25.0 Å². The van der Waals surface area contributed by atoms with E-state index in [2.05, 4.69) is 16.3 Å². The number of hydrogen-bond acceptors (Lipinski definition) is 3. The standard InChI is InChI=1S/C19H21FN2OS/c20-14-3-5-16(6-4-14)22-10-7-15(8-11-22)21-19(23)18-17(9-12-24-18)13-1-2-13/h3-6,9,12-13,15H,1-2,7-8,10-11H2,(H,21,23). The van der Waals surface area contributed by atoms with Crippen LogP contribution in [0.4, 0.5) is 10.1 Å². The van der Waals surface area contributed by atoms with E-state index < -0.39 is 0 Å². The molecule has 2 fully saturated rings. The van der Waals surface area contributed by atoms with Gasteiger partial charge in [0.25, 0.3) is 5.91 Å². The van der Waals surface area contributed by atoms with Gasteiger partial charge in [0.2, 0.25) is 0 Å². The molecule has 1 saturated heterocycles. The number of hydrogen-bond donors (Lipinski definition) is 1. The molecule has 24 heavy (non-hydrogen) atoms. The fourth-order valence-corrected chi connectivity index (χ4v) is 4.29. The lowest BCUT2D eigenvalue weighted by molar-refractivity contribution is 0.0934. The van der Waals surface area contributed by atoms with Crippen molar-refractivity contribution in [2.24, 2.45) is 0 Å². The summed E-state index contributed by atoms with van der Waals surface area (Å²) in [6, 6.07) is 8.97. The Morgan fingerprint density at radius 3 is 2.46 bits per heavy atom. The van der Waals surface area contributed by atoms with E-state index in [-0.39, 0.29) is 17.8 Å². The zero-order chi connectivity index (χ0) is 16.5. The molecule has 2 aliphatic rings. The van der Waals surface area contributed by atoms with Crippen molar-refractivity contribution < 1.29 is 9.18 Å². The molecule has 1 aromatic heterocycles. The summed E-state index contributed by atoms with van der Waals surface area (Å²) < 4.78 is 13.0. The monoisotopic (exact) mass is 344 g/mol. The maximum Gasteiger partial charge on any atom is 0.261 e. The molecule has 3 nitrogen and oxygen atoms in total. The van der Waals surface area contributed by atoms with Gasteiger partial charge < -0.3 is 10.2 Å². The number of nitrogens with zero attached hydrogens (tertiary/aromatic N) is 1. The fraction of sp³-hybridized carbons (Fsp3) is 0.421. The molecule has 0 bridgehead atoms. The van der Waals surface area contributed by atoms with Gasteiger partial charge in [0.15, 0.2) is 0 Å². The van der Waals surface area contributed by atoms with E-state index in [1.54, 1.807) is 11.3 Å². The van der Waals surface area contributed by atoms with E-state index in [4.69, 9.17) is 0 Å². The molecule has 0 radical (unpaired) electrons. The predicted molar refractivity (Wildman–Crippen MR) is 95.4 cm³/mol. The van der Waals surface area contributed by atoms with Crippen LogP contribution < -0.4 is 10.2 Å². The van der Waals surface area contributed by atoms with Crippen molar-refractivity contribution in [1.82, 2.24) is 5.32 Å². The average molecular weight is 344 g/mol. The Balaban J connectivity index is 1.33. The SMILES string of the molecule is O=C(NC1CCN(c2ccc(F)cc2)CC1)c1sccc1C1CC1. The summed E-state index contributed by atoms with van der Waals surface area (Å²) in [6.45, 7) is 1.77. The van der Waals surface area contributed by atoms with Crippen LogP contribution in [0.1, 0.15) is 46.8 Å². The van der Waals surface area contributed by atoms with Crippen molar-refractivity contribution in [2.75, 3.05) is 18.0 Å². The first kappa shape index (κ1) is 15.6. The topological polar surface area (TPSA) is 32.3 Å². The summed E-state index contributed by atoms with van der Waals surface area (Å²) in [5.41, 5.74) is 2.29. The van der Waals surface area contributed by atoms with E-state index in [9.17, 15) is 9.18 Å². The number of amides is 1. The third-order valence-corrected chi connectivity index (χ3v) is 5.87. The average Bonchev–Trinajstić information content (AvgIpc) is 3.33. The number of nitrogens with one attached hydrogen (secondary N) is 1. The van der Waals surface area contributed by atoms with Gasteiger partial charge in [-0.25, -0.2) is 4.39 Å². The van der Waals surface area contributed by atoms with Crippen molar-refractivity contribution in [2.45, 2.75) is 37.6 Å². The summed E-state index contributed by atoms with van der Waals surface area (Å²) in [7, 11) is 0. The molecule has 0 spiro atoms. The van der Waals surface area contributed by atoms with Gasteiger partial charge in [-0.3, -0.25) is 4.79 Å². The first-order chi connectivity index (χ1) is 11.7. The lowest BCUT2D eigenvalue weighted by Gasteiger charge is -2.34. The third-order valence-electron chi connectivity index (χ3n) is 4.94. The van der Waals surface area contributed by atoms with Gasteiger partial charge in [0.05, 0.1) is 4.88 Å². The summed E-state index contributed by atoms with van der Waals surface area (Å²) in [5, 5.41) is 5.24. The van der Waals surface area contributed by atoms with Crippen molar-refractivity contribution in [1.29, 1.82) is 0 Å². The summed E-state index contributed by atoms with van der Waals surface area (Å²) in [5.74, 6) is 0.493. The van der Waals surface area contributed by atoms with Gasteiger partial charge in [-0.05, 0) is 72.9 Å². The predicted octanol–water partition coefficient (Wildman–Crippen LogP) is 4.16. The second-order valence-corrected chi connectivity index (χ2v) is 7.61. The van der Waals surface area contributed by atoms with E-state index in [0.29, 0.717) is 5.92 Å². The first-order valence-corrected chi connectivity index (χ1v) is 9.47. The van der Waals surface area contributed by atoms with Crippen LogP contribution in [0.2, 0.25) is 0 Å². The second-order valence-electron chi connectivity index (χ2n) is 6.69. The Labute approximate surface area is 145 Å². The third kappa shape index (κ3) is 3.31. The highest BCUT2D eigenvalue weighted by molar-refractivity contribution is 7.12. The zero-order valence-corrected chi connectivity index (χ0v) is 14.3. The van der Waals surface area contributed by atoms with Crippen molar-refractivity contribution in [3.63, 3.8) is 0 Å². The molecule has 1 aliphatic carbocycles. The Morgan fingerprint density at radius 2 is 1.79 bits per heavy atom. The minimum absolute atomic E-state index is 0.0899. The molecule has 1 N–H and O–H groups in total. The number of carbonyl (C=O) groups is 1. The Kier molecular flexibility index (Phi) is 4.27. The molecular weight excluding hydrogens is 323 g/mol. The van der Waals surface area contributed by atoms with Gasteiger partial charge >= 0.3 is 0 Å². The summed E-state index contributed by atoms with van der Waals surface area (Å²) in [6.07, 6.45) is 4.28. The van der Waals surface area contributed by atoms with Crippen LogP contribution in [0.15, 0.2) is 35.7 Å². The fourth-order valence-electron chi connectivity index (χ4n) is 3.40. The first-order valence-electron chi connectivity index (χ1n) is 8.59. The molecule has 0 atom stereocenters. The van der Waals surface area contributed by atoms with E-state index in [0.717, 1.165) is 36.5 Å². The van der Waals surface area contributed by atoms with Crippen molar-refractivity contribution in [3.8, 4) is 0 Å². The van der Waals surface area contributed by atoms with E-state index >= 15 is 0 Å². The second kappa shape index (κ2) is 6.55. The Bertz CT molecular complexity index is 715. The molecular formula is C19H21FN2OS. The molecule has 4 rings (SSSR count). The highest BCUT2D eigenvalue weighted by atomic mass is 32.1. The maximum atomic E-state index is 13.0. The van der Waals surface area contributed by atoms with Gasteiger partial charge in [-0.1, -0.05) is 0 Å². The number of carbonyl (C=O) groups excluding carboxylic acids is 1. The number of benzene rings is 1. The van der Waals surface area contributed by atoms with Gasteiger partial charge in [-0.2, -0.15) is 0 Å². The smallest absolute Gasteiger partial charge is 0.261 e. The molecule has 1 aromatic carbocycles. The summed E-state index contributed by atoms with van der Waals surface area (Å²) in [4.78, 5) is 15.7. The van der Waals surface area contributed by atoms with Crippen LogP contribution in [0.25, 0.3) is 0 Å². The number of halogens is 1. The number of rotatable bonds is 4.